The summed E-state index contributed by atoms with van der Waals surface area (Å²) in [5, 5.41) is 3.33. The molecule has 0 aliphatic carbocycles. The first kappa shape index (κ1) is 20.9. The van der Waals surface area contributed by atoms with Crippen LogP contribution in [0.15, 0.2) is 29.2 Å². The Morgan fingerprint density at radius 1 is 1.36 bits per heavy atom. The second-order valence-electron chi connectivity index (χ2n) is 7.40. The van der Waals surface area contributed by atoms with Crippen molar-refractivity contribution in [1.82, 2.24) is 14.2 Å². The number of aromatic nitrogens is 1. The number of benzene rings is 1. The number of hydrogen-bond acceptors (Lipinski definition) is 3. The van der Waals surface area contributed by atoms with Gasteiger partial charge in [0.1, 0.15) is 16.7 Å². The molecular weight excluding hydrogens is 396 g/mol. The van der Waals surface area contributed by atoms with Crippen LogP contribution in [0.5, 0.6) is 0 Å². The van der Waals surface area contributed by atoms with Crippen molar-refractivity contribution in [2.75, 3.05) is 18.8 Å². The summed E-state index contributed by atoms with van der Waals surface area (Å²) in [5.74, 6) is 0.435. The van der Waals surface area contributed by atoms with E-state index < -0.39 is 11.0 Å². The smallest absolute Gasteiger partial charge is 0.268 e. The highest BCUT2D eigenvalue weighted by atomic mass is 35.5. The molecular formula is C20H27ClN4O2S. The van der Waals surface area contributed by atoms with E-state index in [0.717, 1.165) is 37.2 Å². The van der Waals surface area contributed by atoms with Crippen molar-refractivity contribution in [3.8, 4) is 0 Å². The van der Waals surface area contributed by atoms with E-state index in [-0.39, 0.29) is 12.5 Å². The van der Waals surface area contributed by atoms with Gasteiger partial charge in [0.2, 0.25) is 0 Å². The summed E-state index contributed by atoms with van der Waals surface area (Å²) in [5.41, 5.74) is 8.37. The van der Waals surface area contributed by atoms with E-state index in [4.69, 9.17) is 17.3 Å². The number of nitrogen functional groups attached to an aromatic ring is 1. The van der Waals surface area contributed by atoms with Crippen LogP contribution in [0.3, 0.4) is 0 Å². The largest absolute Gasteiger partial charge is 0.398 e. The standard InChI is InChI=1S/C20H27ClN4O2S/c1-13-7-9-25(10-8-13)28(27)18-11-17(24(3)14(18)2)20(26)23-12-15-5-4-6-16(22)19(15)21/h4-6,11,13H,7-10,12,22H2,1-3H3,(H,23,26). The van der Waals surface area contributed by atoms with Crippen molar-refractivity contribution >= 4 is 34.2 Å². The normalized spacial score (nSPS) is 16.9. The third-order valence-electron chi connectivity index (χ3n) is 5.43. The SMILES string of the molecule is Cc1c(S(=O)N2CCC(C)CC2)cc(C(=O)NCc2cccc(N)c2Cl)n1C. The van der Waals surface area contributed by atoms with E-state index in [1.807, 2.05) is 24.3 Å². The molecule has 0 spiro atoms. The van der Waals surface area contributed by atoms with E-state index in [0.29, 0.717) is 27.2 Å². The number of anilines is 1. The molecule has 1 aliphatic rings. The zero-order chi connectivity index (χ0) is 20.4. The Morgan fingerprint density at radius 3 is 2.71 bits per heavy atom. The van der Waals surface area contributed by atoms with Crippen molar-refractivity contribution in [2.45, 2.75) is 38.1 Å². The fraction of sp³-hybridized carbons (Fsp3) is 0.450. The maximum Gasteiger partial charge on any atom is 0.268 e. The van der Waals surface area contributed by atoms with E-state index >= 15 is 0 Å². The molecule has 0 bridgehead atoms. The van der Waals surface area contributed by atoms with Crippen molar-refractivity contribution in [2.24, 2.45) is 13.0 Å². The van der Waals surface area contributed by atoms with E-state index in [9.17, 15) is 9.00 Å². The summed E-state index contributed by atoms with van der Waals surface area (Å²) in [6, 6.07) is 7.08. The molecule has 28 heavy (non-hydrogen) atoms. The topological polar surface area (TPSA) is 80.4 Å². The Balaban J connectivity index is 1.74. The first-order valence-corrected chi connectivity index (χ1v) is 10.9. The van der Waals surface area contributed by atoms with Crippen LogP contribution in [0, 0.1) is 12.8 Å². The number of nitrogens with two attached hydrogens (primary N) is 1. The van der Waals surface area contributed by atoms with Gasteiger partial charge in [0.05, 0.1) is 15.6 Å². The van der Waals surface area contributed by atoms with Crippen molar-refractivity contribution in [3.05, 3.63) is 46.2 Å². The van der Waals surface area contributed by atoms with Gasteiger partial charge in [-0.25, -0.2) is 8.51 Å². The zero-order valence-corrected chi connectivity index (χ0v) is 18.1. The minimum Gasteiger partial charge on any atom is -0.398 e. The van der Waals surface area contributed by atoms with Crippen LogP contribution in [-0.2, 0) is 24.6 Å². The lowest BCUT2D eigenvalue weighted by Crippen LogP contribution is -2.34. The average Bonchev–Trinajstić information content (AvgIpc) is 2.98. The lowest BCUT2D eigenvalue weighted by atomic mass is 10.0. The molecule has 2 aromatic rings. The van der Waals surface area contributed by atoms with Crippen LogP contribution < -0.4 is 11.1 Å². The molecule has 1 aromatic carbocycles. The average molecular weight is 423 g/mol. The summed E-state index contributed by atoms with van der Waals surface area (Å²) in [4.78, 5) is 13.4. The highest BCUT2D eigenvalue weighted by Gasteiger charge is 2.26. The van der Waals surface area contributed by atoms with Gasteiger partial charge in [-0.05, 0) is 43.4 Å². The predicted octanol–water partition coefficient (Wildman–Crippen LogP) is 3.25. The molecule has 0 saturated carbocycles. The minimum atomic E-state index is -1.25. The Bertz CT molecular complexity index is 904. The summed E-state index contributed by atoms with van der Waals surface area (Å²) < 4.78 is 16.8. The number of carbonyl (C=O) groups is 1. The summed E-state index contributed by atoms with van der Waals surface area (Å²) in [6.07, 6.45) is 2.10. The van der Waals surface area contributed by atoms with Crippen LogP contribution in [-0.4, -0.2) is 32.1 Å². The maximum absolute atomic E-state index is 13.0. The molecule has 3 rings (SSSR count). The lowest BCUT2D eigenvalue weighted by molar-refractivity contribution is 0.0942. The van der Waals surface area contributed by atoms with Crippen LogP contribution in [0.1, 0.15) is 41.5 Å². The second-order valence-corrected chi connectivity index (χ2v) is 9.23. The van der Waals surface area contributed by atoms with Gasteiger partial charge < -0.3 is 15.6 Å². The molecule has 1 fully saturated rings. The molecule has 1 aliphatic heterocycles. The maximum atomic E-state index is 13.0. The van der Waals surface area contributed by atoms with Crippen LogP contribution in [0.2, 0.25) is 5.02 Å². The summed E-state index contributed by atoms with van der Waals surface area (Å²) in [7, 11) is 0.562. The van der Waals surface area contributed by atoms with Gasteiger partial charge in [0.25, 0.3) is 5.91 Å². The summed E-state index contributed by atoms with van der Waals surface area (Å²) in [6.45, 7) is 6.03. The Hall–Kier alpha value is -1.83. The predicted molar refractivity (Wildman–Crippen MR) is 114 cm³/mol. The lowest BCUT2D eigenvalue weighted by Gasteiger charge is -2.28. The van der Waals surface area contributed by atoms with Gasteiger partial charge in [-0.2, -0.15) is 0 Å². The highest BCUT2D eigenvalue weighted by molar-refractivity contribution is 7.82. The molecule has 1 amide bonds. The van der Waals surface area contributed by atoms with E-state index in [1.165, 1.54) is 0 Å². The van der Waals surface area contributed by atoms with Crippen LogP contribution in [0.4, 0.5) is 5.69 Å². The van der Waals surface area contributed by atoms with Gasteiger partial charge in [-0.3, -0.25) is 4.79 Å². The number of nitrogens with zero attached hydrogens (tertiary/aromatic N) is 2. The molecule has 2 heterocycles. The summed E-state index contributed by atoms with van der Waals surface area (Å²) >= 11 is 6.19. The molecule has 152 valence electrons. The van der Waals surface area contributed by atoms with Gasteiger partial charge in [0, 0.05) is 32.4 Å². The second kappa shape index (κ2) is 8.68. The fourth-order valence-corrected chi connectivity index (χ4v) is 4.97. The molecule has 1 unspecified atom stereocenters. The van der Waals surface area contributed by atoms with Crippen molar-refractivity contribution in [1.29, 1.82) is 0 Å². The number of piperidine rings is 1. The molecule has 6 nitrogen and oxygen atoms in total. The first-order chi connectivity index (χ1) is 13.3. The fourth-order valence-electron chi connectivity index (χ4n) is 3.36. The minimum absolute atomic E-state index is 0.236. The molecule has 3 N–H and O–H groups in total. The Morgan fingerprint density at radius 2 is 2.04 bits per heavy atom. The van der Waals surface area contributed by atoms with E-state index in [2.05, 4.69) is 12.2 Å². The van der Waals surface area contributed by atoms with Crippen LogP contribution in [0.25, 0.3) is 0 Å². The molecule has 1 aromatic heterocycles. The van der Waals surface area contributed by atoms with Crippen LogP contribution >= 0.6 is 11.6 Å². The molecule has 8 heteroatoms. The Kier molecular flexibility index (Phi) is 6.47. The number of halogens is 1. The van der Waals surface area contributed by atoms with Gasteiger partial charge in [-0.15, -0.1) is 0 Å². The third kappa shape index (κ3) is 4.26. The monoisotopic (exact) mass is 422 g/mol. The van der Waals surface area contributed by atoms with Crippen molar-refractivity contribution in [3.63, 3.8) is 0 Å². The number of hydrogen-bond donors (Lipinski definition) is 2. The van der Waals surface area contributed by atoms with Gasteiger partial charge >= 0.3 is 0 Å². The Labute approximate surface area is 173 Å². The van der Waals surface area contributed by atoms with Gasteiger partial charge in [-0.1, -0.05) is 30.7 Å². The third-order valence-corrected chi connectivity index (χ3v) is 7.52. The number of nitrogens with one attached hydrogen (secondary N) is 1. The van der Waals surface area contributed by atoms with Crippen molar-refractivity contribution < 1.29 is 9.00 Å². The number of rotatable bonds is 5. The quantitative estimate of drug-likeness (QED) is 0.725. The van der Waals surface area contributed by atoms with E-state index in [1.54, 1.807) is 22.8 Å². The molecule has 1 saturated heterocycles. The molecule has 0 radical (unpaired) electrons. The highest BCUT2D eigenvalue weighted by Crippen LogP contribution is 2.25. The number of carbonyl (C=O) groups excluding carboxylic acids is 1. The first-order valence-electron chi connectivity index (χ1n) is 9.43. The zero-order valence-electron chi connectivity index (χ0n) is 16.5. The molecule has 1 atom stereocenters. The number of amides is 1. The van der Waals surface area contributed by atoms with Gasteiger partial charge in [0.15, 0.2) is 0 Å².